The lowest BCUT2D eigenvalue weighted by molar-refractivity contribution is -0.436. The SMILES string of the molecule is CC(C)Oc1ccc(C=NNC(=O)C(F)(F)C(F)(F)C(F)(F)C(F)(F)C(F)(F)C(F)(F)F)cc1. The Bertz CT molecular complexity index is 894. The van der Waals surface area contributed by atoms with Crippen LogP contribution in [0.5, 0.6) is 5.75 Å². The van der Waals surface area contributed by atoms with Crippen molar-refractivity contribution in [2.45, 2.75) is 55.7 Å². The second-order valence-electron chi connectivity index (χ2n) is 6.80. The van der Waals surface area contributed by atoms with Crippen molar-refractivity contribution in [1.29, 1.82) is 0 Å². The number of carbonyl (C=O) groups excluding carboxylic acids is 1. The molecular weight excluding hydrogens is 511 g/mol. The normalized spacial score (nSPS) is 14.6. The van der Waals surface area contributed by atoms with E-state index in [1.165, 1.54) is 24.3 Å². The van der Waals surface area contributed by atoms with Gasteiger partial charge in [0.2, 0.25) is 0 Å². The fourth-order valence-electron chi connectivity index (χ4n) is 2.05. The van der Waals surface area contributed by atoms with Crippen LogP contribution in [0.15, 0.2) is 29.4 Å². The fourth-order valence-corrected chi connectivity index (χ4v) is 2.05. The molecule has 0 unspecified atom stereocenters. The maximum atomic E-state index is 13.6. The van der Waals surface area contributed by atoms with Gasteiger partial charge in [-0.3, -0.25) is 4.79 Å². The van der Waals surface area contributed by atoms with Crippen LogP contribution in [0.2, 0.25) is 0 Å². The minimum absolute atomic E-state index is 0.0202. The second kappa shape index (κ2) is 9.13. The number of hydrogen-bond acceptors (Lipinski definition) is 3. The lowest BCUT2D eigenvalue weighted by Gasteiger charge is -2.38. The summed E-state index contributed by atoms with van der Waals surface area (Å²) in [6.45, 7) is 3.34. The molecule has 0 spiro atoms. The van der Waals surface area contributed by atoms with E-state index in [1.54, 1.807) is 13.8 Å². The Balaban J connectivity index is 3.14. The van der Waals surface area contributed by atoms with E-state index >= 15 is 0 Å². The minimum atomic E-state index is -8.09. The lowest BCUT2D eigenvalue weighted by Crippen LogP contribution is -2.71. The molecule has 1 rings (SSSR count). The second-order valence-corrected chi connectivity index (χ2v) is 6.80. The van der Waals surface area contributed by atoms with Gasteiger partial charge >= 0.3 is 41.7 Å². The number of nitrogens with zero attached hydrogens (tertiary/aromatic N) is 1. The maximum absolute atomic E-state index is 13.6. The summed E-state index contributed by atoms with van der Waals surface area (Å²) >= 11 is 0. The van der Waals surface area contributed by atoms with Crippen molar-refractivity contribution < 1.29 is 66.6 Å². The van der Waals surface area contributed by atoms with Gasteiger partial charge in [0.15, 0.2) is 0 Å². The molecule has 0 saturated heterocycles. The standard InChI is InChI=1S/C17H13F13N2O2/c1-8(2)34-10-5-3-9(4-6-10)7-31-32-11(33)12(18,19)13(20,21)14(22,23)15(24,25)16(26,27)17(28,29)30/h3-8H,1-2H3,(H,32,33). The zero-order chi connectivity index (χ0) is 27.0. The smallest absolute Gasteiger partial charge is 0.460 e. The molecule has 0 aliphatic heterocycles. The van der Waals surface area contributed by atoms with E-state index in [-0.39, 0.29) is 11.7 Å². The van der Waals surface area contributed by atoms with Crippen LogP contribution in [0.25, 0.3) is 0 Å². The van der Waals surface area contributed by atoms with Gasteiger partial charge in [0, 0.05) is 0 Å². The summed E-state index contributed by atoms with van der Waals surface area (Å²) in [5, 5.41) is 2.70. The van der Waals surface area contributed by atoms with Crippen LogP contribution in [0.4, 0.5) is 57.1 Å². The molecule has 0 aromatic heterocycles. The van der Waals surface area contributed by atoms with Gasteiger partial charge in [-0.25, -0.2) is 5.43 Å². The van der Waals surface area contributed by atoms with Crippen molar-refractivity contribution in [3.8, 4) is 5.75 Å². The number of hydrazone groups is 1. The summed E-state index contributed by atoms with van der Waals surface area (Å²) in [5.41, 5.74) is 0.578. The fraction of sp³-hybridized carbons (Fsp3) is 0.529. The topological polar surface area (TPSA) is 50.7 Å². The van der Waals surface area contributed by atoms with Crippen LogP contribution in [-0.4, -0.2) is 54.0 Å². The quantitative estimate of drug-likeness (QED) is 0.258. The number of ether oxygens (including phenoxy) is 1. The molecule has 0 heterocycles. The number of alkyl halides is 13. The first-order valence-corrected chi connectivity index (χ1v) is 8.60. The largest absolute Gasteiger partial charge is 0.491 e. The van der Waals surface area contributed by atoms with Gasteiger partial charge in [-0.15, -0.1) is 0 Å². The monoisotopic (exact) mass is 524 g/mol. The molecule has 4 nitrogen and oxygen atoms in total. The molecular formula is C17H13F13N2O2. The molecule has 0 atom stereocenters. The van der Waals surface area contributed by atoms with E-state index in [0.717, 1.165) is 0 Å². The van der Waals surface area contributed by atoms with Crippen molar-refractivity contribution in [3.63, 3.8) is 0 Å². The third kappa shape index (κ3) is 5.01. The minimum Gasteiger partial charge on any atom is -0.491 e. The average molecular weight is 524 g/mol. The number of rotatable bonds is 9. The van der Waals surface area contributed by atoms with Crippen LogP contribution in [0.3, 0.4) is 0 Å². The third-order valence-electron chi connectivity index (χ3n) is 3.85. The van der Waals surface area contributed by atoms with Crippen molar-refractivity contribution >= 4 is 12.1 Å². The molecule has 1 N–H and O–H groups in total. The lowest BCUT2D eigenvalue weighted by atomic mass is 9.93. The first-order chi connectivity index (χ1) is 15.0. The number of amides is 1. The summed E-state index contributed by atoms with van der Waals surface area (Å²) in [5.74, 6) is -41.9. The van der Waals surface area contributed by atoms with Crippen molar-refractivity contribution in [2.24, 2.45) is 5.10 Å². The molecule has 1 amide bonds. The maximum Gasteiger partial charge on any atom is 0.460 e. The van der Waals surface area contributed by atoms with Crippen LogP contribution in [0.1, 0.15) is 19.4 Å². The molecule has 0 saturated carbocycles. The Hall–Kier alpha value is -2.75. The van der Waals surface area contributed by atoms with E-state index in [4.69, 9.17) is 4.74 Å². The van der Waals surface area contributed by atoms with Crippen molar-refractivity contribution in [2.75, 3.05) is 0 Å². The average Bonchev–Trinajstić information content (AvgIpc) is 2.67. The van der Waals surface area contributed by atoms with E-state index in [0.29, 0.717) is 17.4 Å². The van der Waals surface area contributed by atoms with Gasteiger partial charge in [0.05, 0.1) is 12.3 Å². The van der Waals surface area contributed by atoms with Crippen molar-refractivity contribution in [3.05, 3.63) is 29.8 Å². The zero-order valence-electron chi connectivity index (χ0n) is 16.6. The Kier molecular flexibility index (Phi) is 7.86. The molecule has 34 heavy (non-hydrogen) atoms. The third-order valence-corrected chi connectivity index (χ3v) is 3.85. The summed E-state index contributed by atoms with van der Waals surface area (Å²) in [6, 6.07) is 4.98. The molecule has 1 aromatic carbocycles. The van der Waals surface area contributed by atoms with Gasteiger partial charge in [-0.1, -0.05) is 0 Å². The van der Waals surface area contributed by atoms with Gasteiger partial charge in [0.25, 0.3) is 0 Å². The number of benzene rings is 1. The Morgan fingerprint density at radius 2 is 1.24 bits per heavy atom. The highest BCUT2D eigenvalue weighted by Crippen LogP contribution is 2.60. The van der Waals surface area contributed by atoms with Crippen LogP contribution < -0.4 is 10.2 Å². The highest BCUT2D eigenvalue weighted by molar-refractivity contribution is 5.87. The molecule has 0 fully saturated rings. The molecule has 0 aliphatic rings. The van der Waals surface area contributed by atoms with Gasteiger partial charge in [-0.05, 0) is 43.7 Å². The Labute approximate surface area is 181 Å². The molecule has 194 valence electrons. The Morgan fingerprint density at radius 3 is 1.65 bits per heavy atom. The molecule has 1 aromatic rings. The molecule has 0 radical (unpaired) electrons. The first kappa shape index (κ1) is 29.3. The van der Waals surface area contributed by atoms with E-state index in [9.17, 15) is 61.9 Å². The predicted molar refractivity (Wildman–Crippen MR) is 88.7 cm³/mol. The van der Waals surface area contributed by atoms with Gasteiger partial charge < -0.3 is 4.74 Å². The van der Waals surface area contributed by atoms with Crippen LogP contribution in [-0.2, 0) is 4.79 Å². The summed E-state index contributed by atoms with van der Waals surface area (Å²) in [7, 11) is 0. The molecule has 0 aliphatic carbocycles. The molecule has 0 bridgehead atoms. The number of nitrogens with one attached hydrogen (secondary N) is 1. The highest BCUT2D eigenvalue weighted by atomic mass is 19.4. The van der Waals surface area contributed by atoms with Gasteiger partial charge in [0.1, 0.15) is 5.75 Å². The first-order valence-electron chi connectivity index (χ1n) is 8.60. The number of carbonyl (C=O) groups is 1. The number of halogens is 13. The predicted octanol–water partition coefficient (Wildman–Crippen LogP) is 5.66. The van der Waals surface area contributed by atoms with Crippen LogP contribution in [0, 0.1) is 0 Å². The zero-order valence-corrected chi connectivity index (χ0v) is 16.6. The van der Waals surface area contributed by atoms with Gasteiger partial charge in [-0.2, -0.15) is 62.2 Å². The Morgan fingerprint density at radius 1 is 0.794 bits per heavy atom. The van der Waals surface area contributed by atoms with Crippen molar-refractivity contribution in [1.82, 2.24) is 5.43 Å². The van der Waals surface area contributed by atoms with E-state index < -0.39 is 41.7 Å². The highest BCUT2D eigenvalue weighted by Gasteiger charge is 2.91. The van der Waals surface area contributed by atoms with Crippen LogP contribution >= 0.6 is 0 Å². The summed E-state index contributed by atoms with van der Waals surface area (Å²) in [6.07, 6.45) is -7.28. The summed E-state index contributed by atoms with van der Waals surface area (Å²) in [4.78, 5) is 11.2. The molecule has 17 heteroatoms. The van der Waals surface area contributed by atoms with E-state index in [1.807, 2.05) is 0 Å². The number of hydrogen-bond donors (Lipinski definition) is 1. The van der Waals surface area contributed by atoms with E-state index in [2.05, 4.69) is 5.10 Å². The summed E-state index contributed by atoms with van der Waals surface area (Å²) < 4.78 is 174.